The lowest BCUT2D eigenvalue weighted by Crippen LogP contribution is -2.38. The SMILES string of the molecule is Clc1cc2c(cc1CN(CCCN1CCOCC1)Cc1cccnc1)OCO2. The van der Waals surface area contributed by atoms with Gasteiger partial charge in [0.15, 0.2) is 11.5 Å². The van der Waals surface area contributed by atoms with Crippen molar-refractivity contribution in [2.75, 3.05) is 46.2 Å². The van der Waals surface area contributed by atoms with E-state index < -0.39 is 0 Å². The molecule has 0 bridgehead atoms. The van der Waals surface area contributed by atoms with Crippen molar-refractivity contribution >= 4 is 11.6 Å². The van der Waals surface area contributed by atoms with Gasteiger partial charge >= 0.3 is 0 Å². The Kier molecular flexibility index (Phi) is 6.65. The minimum atomic E-state index is 0.258. The standard InChI is InChI=1S/C21H26ClN3O3/c22-19-12-21-20(27-16-28-21)11-18(19)15-25(14-17-3-1-4-23-13-17)6-2-5-24-7-9-26-10-8-24/h1,3-4,11-13H,2,5-10,14-16H2. The lowest BCUT2D eigenvalue weighted by Gasteiger charge is -2.28. The minimum absolute atomic E-state index is 0.258. The molecule has 1 aromatic carbocycles. The second-order valence-electron chi connectivity index (χ2n) is 7.18. The van der Waals surface area contributed by atoms with E-state index in [0.717, 1.165) is 76.0 Å². The molecular weight excluding hydrogens is 378 g/mol. The third kappa shape index (κ3) is 5.14. The summed E-state index contributed by atoms with van der Waals surface area (Å²) in [5.74, 6) is 1.49. The molecule has 2 aliphatic heterocycles. The molecule has 0 atom stereocenters. The molecular formula is C21H26ClN3O3. The highest BCUT2D eigenvalue weighted by atomic mass is 35.5. The molecule has 2 aromatic rings. The number of ether oxygens (including phenoxy) is 3. The Morgan fingerprint density at radius 2 is 1.93 bits per heavy atom. The van der Waals surface area contributed by atoms with Gasteiger partial charge in [0, 0.05) is 56.2 Å². The number of rotatable bonds is 8. The predicted molar refractivity (Wildman–Crippen MR) is 108 cm³/mol. The quantitative estimate of drug-likeness (QED) is 0.674. The van der Waals surface area contributed by atoms with E-state index in [0.29, 0.717) is 5.02 Å². The lowest BCUT2D eigenvalue weighted by molar-refractivity contribution is 0.0359. The molecule has 1 fully saturated rings. The summed E-state index contributed by atoms with van der Waals surface area (Å²) in [6.07, 6.45) is 4.83. The zero-order valence-electron chi connectivity index (χ0n) is 16.0. The van der Waals surface area contributed by atoms with E-state index in [1.54, 1.807) is 6.20 Å². The molecule has 0 amide bonds. The van der Waals surface area contributed by atoms with E-state index in [-0.39, 0.29) is 6.79 Å². The first-order chi connectivity index (χ1) is 13.8. The van der Waals surface area contributed by atoms with Crippen LogP contribution in [0, 0.1) is 0 Å². The zero-order chi connectivity index (χ0) is 19.2. The molecule has 0 spiro atoms. The van der Waals surface area contributed by atoms with Crippen LogP contribution in [0.4, 0.5) is 0 Å². The normalized spacial score (nSPS) is 16.6. The van der Waals surface area contributed by atoms with Gasteiger partial charge in [-0.3, -0.25) is 14.8 Å². The first-order valence-corrected chi connectivity index (χ1v) is 10.1. The number of morpholine rings is 1. The average molecular weight is 404 g/mol. The van der Waals surface area contributed by atoms with E-state index in [4.69, 9.17) is 25.8 Å². The van der Waals surface area contributed by atoms with Gasteiger partial charge in [-0.25, -0.2) is 0 Å². The van der Waals surface area contributed by atoms with Gasteiger partial charge in [0.1, 0.15) is 0 Å². The van der Waals surface area contributed by atoms with Crippen LogP contribution >= 0.6 is 11.6 Å². The lowest BCUT2D eigenvalue weighted by atomic mass is 10.1. The van der Waals surface area contributed by atoms with Crippen molar-refractivity contribution in [3.05, 3.63) is 52.8 Å². The summed E-state index contributed by atoms with van der Waals surface area (Å²) in [4.78, 5) is 9.14. The van der Waals surface area contributed by atoms with Crippen molar-refractivity contribution < 1.29 is 14.2 Å². The third-order valence-corrected chi connectivity index (χ3v) is 5.47. The van der Waals surface area contributed by atoms with Gasteiger partial charge in [-0.15, -0.1) is 0 Å². The number of pyridine rings is 1. The Morgan fingerprint density at radius 1 is 1.11 bits per heavy atom. The first-order valence-electron chi connectivity index (χ1n) is 9.77. The van der Waals surface area contributed by atoms with Gasteiger partial charge in [0.05, 0.1) is 13.2 Å². The van der Waals surface area contributed by atoms with Crippen LogP contribution in [0.1, 0.15) is 17.5 Å². The number of hydrogen-bond donors (Lipinski definition) is 0. The molecule has 4 rings (SSSR count). The molecule has 150 valence electrons. The summed E-state index contributed by atoms with van der Waals surface area (Å²) in [7, 11) is 0. The van der Waals surface area contributed by atoms with Gasteiger partial charge in [-0.05, 0) is 36.2 Å². The van der Waals surface area contributed by atoms with Crippen molar-refractivity contribution in [3.63, 3.8) is 0 Å². The molecule has 6 nitrogen and oxygen atoms in total. The zero-order valence-corrected chi connectivity index (χ0v) is 16.7. The third-order valence-electron chi connectivity index (χ3n) is 5.12. The van der Waals surface area contributed by atoms with Crippen LogP contribution in [-0.4, -0.2) is 61.0 Å². The van der Waals surface area contributed by atoms with Crippen molar-refractivity contribution in [1.29, 1.82) is 0 Å². The fourth-order valence-electron chi connectivity index (χ4n) is 3.63. The number of aromatic nitrogens is 1. The number of benzene rings is 1. The van der Waals surface area contributed by atoms with Gasteiger partial charge in [-0.2, -0.15) is 0 Å². The fraction of sp³-hybridized carbons (Fsp3) is 0.476. The topological polar surface area (TPSA) is 47.1 Å². The Morgan fingerprint density at radius 3 is 2.71 bits per heavy atom. The van der Waals surface area contributed by atoms with Gasteiger partial charge < -0.3 is 14.2 Å². The van der Waals surface area contributed by atoms with Gasteiger partial charge in [-0.1, -0.05) is 17.7 Å². The second kappa shape index (κ2) is 9.56. The molecule has 7 heteroatoms. The Labute approximate surface area is 171 Å². The summed E-state index contributed by atoms with van der Waals surface area (Å²) < 4.78 is 16.4. The molecule has 0 radical (unpaired) electrons. The van der Waals surface area contributed by atoms with Crippen LogP contribution < -0.4 is 9.47 Å². The molecule has 0 N–H and O–H groups in total. The smallest absolute Gasteiger partial charge is 0.231 e. The highest BCUT2D eigenvalue weighted by molar-refractivity contribution is 6.31. The van der Waals surface area contributed by atoms with Crippen LogP contribution in [0.5, 0.6) is 11.5 Å². The van der Waals surface area contributed by atoms with Crippen molar-refractivity contribution in [2.45, 2.75) is 19.5 Å². The van der Waals surface area contributed by atoms with Gasteiger partial charge in [0.2, 0.25) is 6.79 Å². The molecule has 1 aromatic heterocycles. The minimum Gasteiger partial charge on any atom is -0.454 e. The molecule has 0 saturated carbocycles. The monoisotopic (exact) mass is 403 g/mol. The molecule has 3 heterocycles. The molecule has 0 unspecified atom stereocenters. The average Bonchev–Trinajstić information content (AvgIpc) is 3.17. The summed E-state index contributed by atoms with van der Waals surface area (Å²) in [5, 5.41) is 0.716. The van der Waals surface area contributed by atoms with Crippen LogP contribution in [0.15, 0.2) is 36.7 Å². The van der Waals surface area contributed by atoms with Crippen molar-refractivity contribution in [2.24, 2.45) is 0 Å². The van der Waals surface area contributed by atoms with Crippen LogP contribution in [0.3, 0.4) is 0 Å². The van der Waals surface area contributed by atoms with Crippen molar-refractivity contribution in [3.8, 4) is 11.5 Å². The van der Waals surface area contributed by atoms with E-state index >= 15 is 0 Å². The molecule has 1 saturated heterocycles. The second-order valence-corrected chi connectivity index (χ2v) is 7.58. The van der Waals surface area contributed by atoms with Crippen LogP contribution in [0.2, 0.25) is 5.02 Å². The first kappa shape index (κ1) is 19.5. The molecule has 28 heavy (non-hydrogen) atoms. The Bertz CT molecular complexity index is 769. The Balaban J connectivity index is 1.41. The maximum absolute atomic E-state index is 6.51. The number of fused-ring (bicyclic) bond motifs is 1. The Hall–Kier alpha value is -1.86. The van der Waals surface area contributed by atoms with E-state index in [1.165, 1.54) is 5.56 Å². The van der Waals surface area contributed by atoms with E-state index in [9.17, 15) is 0 Å². The van der Waals surface area contributed by atoms with E-state index in [1.807, 2.05) is 24.4 Å². The van der Waals surface area contributed by atoms with Crippen LogP contribution in [0.25, 0.3) is 0 Å². The summed E-state index contributed by atoms with van der Waals surface area (Å²) >= 11 is 6.51. The highest BCUT2D eigenvalue weighted by Gasteiger charge is 2.19. The maximum atomic E-state index is 6.51. The summed E-state index contributed by atoms with van der Waals surface area (Å²) in [6.45, 7) is 7.65. The summed E-state index contributed by atoms with van der Waals surface area (Å²) in [6, 6.07) is 7.95. The van der Waals surface area contributed by atoms with Crippen molar-refractivity contribution in [1.82, 2.24) is 14.8 Å². The predicted octanol–water partition coefficient (Wildman–Crippen LogP) is 3.19. The fourth-order valence-corrected chi connectivity index (χ4v) is 3.84. The van der Waals surface area contributed by atoms with Crippen LogP contribution in [-0.2, 0) is 17.8 Å². The van der Waals surface area contributed by atoms with E-state index in [2.05, 4.69) is 20.9 Å². The van der Waals surface area contributed by atoms with Gasteiger partial charge in [0.25, 0.3) is 0 Å². The number of halogens is 1. The number of hydrogen-bond acceptors (Lipinski definition) is 6. The summed E-state index contributed by atoms with van der Waals surface area (Å²) in [5.41, 5.74) is 2.26. The largest absolute Gasteiger partial charge is 0.454 e. The molecule has 0 aliphatic carbocycles. The maximum Gasteiger partial charge on any atom is 0.231 e. The molecule has 2 aliphatic rings. The number of nitrogens with zero attached hydrogens (tertiary/aromatic N) is 3. The highest BCUT2D eigenvalue weighted by Crippen LogP contribution is 2.37.